The van der Waals surface area contributed by atoms with Crippen molar-refractivity contribution in [2.75, 3.05) is 33.0 Å². The van der Waals surface area contributed by atoms with Crippen LogP contribution in [0.3, 0.4) is 0 Å². The largest absolute Gasteiger partial charge is 0.388 e. The van der Waals surface area contributed by atoms with Gasteiger partial charge in [-0.15, -0.1) is 0 Å². The number of hydrogen-bond acceptors (Lipinski definition) is 4. The van der Waals surface area contributed by atoms with Gasteiger partial charge in [-0.05, 0) is 18.2 Å². The molecule has 0 bridgehead atoms. The molecule has 2 N–H and O–H groups in total. The molecule has 0 saturated heterocycles. The molecule has 0 aliphatic heterocycles. The highest BCUT2D eigenvalue weighted by molar-refractivity contribution is 5.86. The molecule has 102 valence electrons. The molecule has 0 unspecified atom stereocenters. The van der Waals surface area contributed by atoms with Gasteiger partial charge in [0, 0.05) is 32.4 Å². The van der Waals surface area contributed by atoms with E-state index in [1.807, 2.05) is 0 Å². The quantitative estimate of drug-likeness (QED) is 0.453. The van der Waals surface area contributed by atoms with Crippen molar-refractivity contribution in [3.8, 4) is 0 Å². The first-order valence-electron chi connectivity index (χ1n) is 5.82. The highest BCUT2D eigenvalue weighted by atomic mass is 16.1. The lowest BCUT2D eigenvalue weighted by atomic mass is 10.2. The molecule has 19 heavy (non-hydrogen) atoms. The topological polar surface area (TPSA) is 73.8 Å². The van der Waals surface area contributed by atoms with E-state index < -0.39 is 0 Å². The zero-order valence-electron chi connectivity index (χ0n) is 11.3. The van der Waals surface area contributed by atoms with Gasteiger partial charge in [0.15, 0.2) is 6.29 Å². The van der Waals surface area contributed by atoms with Crippen LogP contribution in [0.25, 0.3) is 0 Å². The second kappa shape index (κ2) is 7.15. The van der Waals surface area contributed by atoms with Gasteiger partial charge in [0.1, 0.15) is 0 Å². The standard InChI is InChI=1S/C13H18N4O2/c1-14-11-5-4-10(8-18)12(6-11)16-9-17(3)7-13(19)15-2/h4-6,8-9,14H,7H2,1-3H3,(H,15,19)/b16-9-. The summed E-state index contributed by atoms with van der Waals surface area (Å²) in [4.78, 5) is 28.0. The van der Waals surface area contributed by atoms with E-state index in [1.165, 1.54) is 6.34 Å². The smallest absolute Gasteiger partial charge is 0.239 e. The van der Waals surface area contributed by atoms with Crippen LogP contribution in [0.5, 0.6) is 0 Å². The Bertz CT molecular complexity index is 486. The van der Waals surface area contributed by atoms with Crippen molar-refractivity contribution in [2.45, 2.75) is 0 Å². The number of hydrogen-bond donors (Lipinski definition) is 2. The number of benzene rings is 1. The third kappa shape index (κ3) is 4.42. The van der Waals surface area contributed by atoms with Gasteiger partial charge in [0.05, 0.1) is 18.6 Å². The van der Waals surface area contributed by atoms with Crippen LogP contribution >= 0.6 is 0 Å². The average molecular weight is 262 g/mol. The van der Waals surface area contributed by atoms with Crippen molar-refractivity contribution in [2.24, 2.45) is 4.99 Å². The highest BCUT2D eigenvalue weighted by Crippen LogP contribution is 2.21. The average Bonchev–Trinajstić information content (AvgIpc) is 2.44. The molecule has 0 aliphatic carbocycles. The molecule has 1 aromatic rings. The van der Waals surface area contributed by atoms with E-state index in [1.54, 1.807) is 44.2 Å². The highest BCUT2D eigenvalue weighted by Gasteiger charge is 2.03. The van der Waals surface area contributed by atoms with Crippen molar-refractivity contribution in [1.29, 1.82) is 0 Å². The van der Waals surface area contributed by atoms with Crippen LogP contribution in [0, 0.1) is 0 Å². The van der Waals surface area contributed by atoms with Gasteiger partial charge in [0.25, 0.3) is 0 Å². The van der Waals surface area contributed by atoms with Gasteiger partial charge in [-0.1, -0.05) is 0 Å². The van der Waals surface area contributed by atoms with Gasteiger partial charge in [0.2, 0.25) is 5.91 Å². The number of likely N-dealkylation sites (N-methyl/N-ethyl adjacent to an activating group) is 2. The number of carbonyl (C=O) groups is 2. The fraction of sp³-hybridized carbons (Fsp3) is 0.308. The third-order valence-corrected chi connectivity index (χ3v) is 2.51. The Kier molecular flexibility index (Phi) is 5.53. The van der Waals surface area contributed by atoms with Crippen LogP contribution in [0.2, 0.25) is 0 Å². The fourth-order valence-corrected chi connectivity index (χ4v) is 1.42. The van der Waals surface area contributed by atoms with Crippen molar-refractivity contribution < 1.29 is 9.59 Å². The van der Waals surface area contributed by atoms with E-state index in [4.69, 9.17) is 0 Å². The summed E-state index contributed by atoms with van der Waals surface area (Å²) in [6, 6.07) is 5.27. The summed E-state index contributed by atoms with van der Waals surface area (Å²) in [5.74, 6) is -0.103. The molecular weight excluding hydrogens is 244 g/mol. The molecule has 1 amide bonds. The Morgan fingerprint density at radius 2 is 2.16 bits per heavy atom. The van der Waals surface area contributed by atoms with Crippen LogP contribution in [-0.2, 0) is 4.79 Å². The Labute approximate surface area is 112 Å². The summed E-state index contributed by atoms with van der Waals surface area (Å²) >= 11 is 0. The zero-order chi connectivity index (χ0) is 14.3. The molecule has 0 atom stereocenters. The number of rotatable bonds is 6. The van der Waals surface area contributed by atoms with E-state index in [0.717, 1.165) is 12.0 Å². The summed E-state index contributed by atoms with van der Waals surface area (Å²) < 4.78 is 0. The summed E-state index contributed by atoms with van der Waals surface area (Å²) in [6.07, 6.45) is 2.28. The number of aldehydes is 1. The SMILES string of the molecule is CNC(=O)CN(C)/C=N\c1cc(NC)ccc1C=O. The van der Waals surface area contributed by atoms with Crippen molar-refractivity contribution in [3.63, 3.8) is 0 Å². The number of nitrogens with zero attached hydrogens (tertiary/aromatic N) is 2. The number of carbonyl (C=O) groups excluding carboxylic acids is 2. The molecule has 0 heterocycles. The monoisotopic (exact) mass is 262 g/mol. The summed E-state index contributed by atoms with van der Waals surface area (Å²) in [5.41, 5.74) is 1.93. The first-order chi connectivity index (χ1) is 9.10. The van der Waals surface area contributed by atoms with Crippen molar-refractivity contribution in [1.82, 2.24) is 10.2 Å². The zero-order valence-corrected chi connectivity index (χ0v) is 11.3. The van der Waals surface area contributed by atoms with Gasteiger partial charge in [-0.25, -0.2) is 4.99 Å². The fourth-order valence-electron chi connectivity index (χ4n) is 1.42. The molecule has 0 fully saturated rings. The Balaban J connectivity index is 2.84. The Hall–Kier alpha value is -2.37. The maximum absolute atomic E-state index is 11.2. The summed E-state index contributed by atoms with van der Waals surface area (Å²) in [6.45, 7) is 0.210. The number of anilines is 1. The maximum Gasteiger partial charge on any atom is 0.239 e. The maximum atomic E-state index is 11.2. The van der Waals surface area contributed by atoms with Crippen LogP contribution in [0.4, 0.5) is 11.4 Å². The van der Waals surface area contributed by atoms with Gasteiger partial charge in [-0.2, -0.15) is 0 Å². The first kappa shape index (κ1) is 14.7. The van der Waals surface area contributed by atoms with Gasteiger partial charge in [-0.3, -0.25) is 9.59 Å². The second-order valence-corrected chi connectivity index (χ2v) is 3.97. The molecule has 0 spiro atoms. The minimum absolute atomic E-state index is 0.103. The van der Waals surface area contributed by atoms with Gasteiger partial charge >= 0.3 is 0 Å². The molecule has 0 aliphatic rings. The second-order valence-electron chi connectivity index (χ2n) is 3.97. The Morgan fingerprint density at radius 3 is 2.74 bits per heavy atom. The molecular formula is C13H18N4O2. The molecule has 6 nitrogen and oxygen atoms in total. The predicted molar refractivity (Wildman–Crippen MR) is 76.2 cm³/mol. The third-order valence-electron chi connectivity index (χ3n) is 2.51. The van der Waals surface area contributed by atoms with Crippen LogP contribution in [-0.4, -0.2) is 51.1 Å². The molecule has 1 aromatic carbocycles. The minimum Gasteiger partial charge on any atom is -0.388 e. The minimum atomic E-state index is -0.103. The van der Waals surface area contributed by atoms with Crippen molar-refractivity contribution >= 4 is 29.9 Å². The number of amides is 1. The number of nitrogens with one attached hydrogen (secondary N) is 2. The normalized spacial score (nSPS) is 10.3. The van der Waals surface area contributed by atoms with E-state index in [9.17, 15) is 9.59 Å². The van der Waals surface area contributed by atoms with Crippen molar-refractivity contribution in [3.05, 3.63) is 23.8 Å². The van der Waals surface area contributed by atoms with E-state index in [-0.39, 0.29) is 12.5 Å². The van der Waals surface area contributed by atoms with Crippen LogP contribution in [0.1, 0.15) is 10.4 Å². The molecule has 0 saturated carbocycles. The lowest BCUT2D eigenvalue weighted by molar-refractivity contribution is -0.120. The summed E-state index contributed by atoms with van der Waals surface area (Å²) in [5, 5.41) is 5.51. The molecule has 6 heteroatoms. The molecule has 1 rings (SSSR count). The van der Waals surface area contributed by atoms with E-state index >= 15 is 0 Å². The summed E-state index contributed by atoms with van der Waals surface area (Å²) in [7, 11) is 5.11. The molecule has 0 radical (unpaired) electrons. The predicted octanol–water partition coefficient (Wildman–Crippen LogP) is 0.878. The van der Waals surface area contributed by atoms with Gasteiger partial charge < -0.3 is 15.5 Å². The number of aliphatic imine (C=N–C) groups is 1. The lowest BCUT2D eigenvalue weighted by Gasteiger charge is -2.11. The first-order valence-corrected chi connectivity index (χ1v) is 5.82. The molecule has 0 aromatic heterocycles. The van der Waals surface area contributed by atoms with Crippen LogP contribution < -0.4 is 10.6 Å². The lowest BCUT2D eigenvalue weighted by Crippen LogP contribution is -2.32. The van der Waals surface area contributed by atoms with Crippen LogP contribution in [0.15, 0.2) is 23.2 Å². The van der Waals surface area contributed by atoms with E-state index in [0.29, 0.717) is 11.3 Å². The Morgan fingerprint density at radius 1 is 1.42 bits per heavy atom. The van der Waals surface area contributed by atoms with E-state index in [2.05, 4.69) is 15.6 Å².